The molecule has 2 N–H and O–H groups in total. The highest BCUT2D eigenvalue weighted by Gasteiger charge is 2.27. The number of ketones is 1. The third-order valence-corrected chi connectivity index (χ3v) is 9.78. The number of halogens is 1. The molecule has 0 aliphatic carbocycles. The molecule has 0 saturated carbocycles. The number of thiophene rings is 1. The van der Waals surface area contributed by atoms with Crippen LogP contribution in [0.3, 0.4) is 0 Å². The van der Waals surface area contributed by atoms with Gasteiger partial charge in [0.1, 0.15) is 6.04 Å². The van der Waals surface area contributed by atoms with Crippen molar-refractivity contribution in [1.82, 2.24) is 15.3 Å². The number of aliphatic carboxylic acids is 1. The summed E-state index contributed by atoms with van der Waals surface area (Å²) >= 11 is 8.06. The van der Waals surface area contributed by atoms with E-state index >= 15 is 0 Å². The number of carbonyl (C=O) groups excluding carboxylic acids is 2. The third kappa shape index (κ3) is 10.4. The minimum absolute atomic E-state index is 0.0471. The predicted octanol–water partition coefficient (Wildman–Crippen LogP) is 8.81. The molecule has 0 unspecified atom stereocenters. The highest BCUT2D eigenvalue weighted by molar-refractivity contribution is 7.14. The number of benzene rings is 2. The van der Waals surface area contributed by atoms with Crippen molar-refractivity contribution in [3.63, 3.8) is 0 Å². The maximum absolute atomic E-state index is 13.3. The molecule has 2 atom stereocenters. The van der Waals surface area contributed by atoms with Gasteiger partial charge in [0.25, 0.3) is 0 Å². The van der Waals surface area contributed by atoms with E-state index in [0.717, 1.165) is 40.0 Å². The molecule has 2 aromatic carbocycles. The highest BCUT2D eigenvalue weighted by atomic mass is 35.5. The van der Waals surface area contributed by atoms with E-state index in [1.807, 2.05) is 56.3 Å². The summed E-state index contributed by atoms with van der Waals surface area (Å²) in [5.74, 6) is -0.934. The van der Waals surface area contributed by atoms with E-state index in [2.05, 4.69) is 43.0 Å². The molecule has 0 spiro atoms. The number of nitrogens with one attached hydrogen (secondary N) is 1. The standard InChI is InChI=1S/C39H46ClN3O6S/c1-8-9-16-48-32-20-27(18-30(40)35(32)49-23(2)3)29-21-41-36(42-22-29)26-12-10-25(11-13-26)17-28(37(45)43-24(4)38(46)47)19-31(44)33-14-15-34(50-33)39(5,6)7/h10-15,18,20-24,28H,8-9,16-17,19H2,1-7H3,(H,43,45)(H,46,47)/t24-,28-/m1/s1. The van der Waals surface area contributed by atoms with Crippen LogP contribution in [-0.2, 0) is 21.4 Å². The van der Waals surface area contributed by atoms with Gasteiger partial charge in [0, 0.05) is 40.7 Å². The fraction of sp³-hybridized carbons (Fsp3) is 0.410. The molecule has 266 valence electrons. The second kappa shape index (κ2) is 17.1. The number of rotatable bonds is 16. The third-order valence-electron chi connectivity index (χ3n) is 7.95. The molecule has 0 radical (unpaired) electrons. The molecule has 1 amide bonds. The predicted molar refractivity (Wildman–Crippen MR) is 198 cm³/mol. The molecular weight excluding hydrogens is 674 g/mol. The largest absolute Gasteiger partial charge is 0.490 e. The quantitative estimate of drug-likeness (QED) is 0.0869. The van der Waals surface area contributed by atoms with Crippen LogP contribution in [0.5, 0.6) is 11.5 Å². The SMILES string of the molecule is CCCCOc1cc(-c2cnc(-c3ccc(C[C@H](CC(=O)c4ccc(C(C)(C)C)s4)C(=O)N[C@H](C)C(=O)O)cc3)nc2)cc(Cl)c1OC(C)C. The lowest BCUT2D eigenvalue weighted by Crippen LogP contribution is -2.42. The first-order valence-corrected chi connectivity index (χ1v) is 18.1. The number of aromatic nitrogens is 2. The van der Waals surface area contributed by atoms with E-state index < -0.39 is 23.8 Å². The second-order valence-corrected chi connectivity index (χ2v) is 15.1. The number of Topliss-reactive ketones (excluding diaryl/α,β-unsaturated/α-hetero) is 1. The molecule has 0 fully saturated rings. The van der Waals surface area contributed by atoms with Crippen molar-refractivity contribution in [3.05, 3.63) is 81.3 Å². The van der Waals surface area contributed by atoms with Crippen LogP contribution >= 0.6 is 22.9 Å². The fourth-order valence-corrected chi connectivity index (χ4v) is 6.35. The van der Waals surface area contributed by atoms with Gasteiger partial charge in [-0.25, -0.2) is 9.97 Å². The Morgan fingerprint density at radius 3 is 2.22 bits per heavy atom. The number of unbranched alkanes of at least 4 members (excludes halogenated alkanes) is 1. The molecule has 0 aliphatic heterocycles. The topological polar surface area (TPSA) is 128 Å². The first kappa shape index (κ1) is 38.5. The van der Waals surface area contributed by atoms with Gasteiger partial charge >= 0.3 is 5.97 Å². The monoisotopic (exact) mass is 719 g/mol. The summed E-state index contributed by atoms with van der Waals surface area (Å²) < 4.78 is 12.0. The Labute approximate surface area is 303 Å². The number of carboxylic acids is 1. The van der Waals surface area contributed by atoms with Gasteiger partial charge in [0.2, 0.25) is 5.91 Å². The van der Waals surface area contributed by atoms with E-state index in [1.165, 1.54) is 18.3 Å². The first-order valence-electron chi connectivity index (χ1n) is 16.9. The molecule has 0 bridgehead atoms. The Bertz CT molecular complexity index is 1780. The second-order valence-electron chi connectivity index (χ2n) is 13.7. The van der Waals surface area contributed by atoms with E-state index in [-0.39, 0.29) is 30.1 Å². The summed E-state index contributed by atoms with van der Waals surface area (Å²) in [6.07, 6.45) is 5.50. The van der Waals surface area contributed by atoms with Gasteiger partial charge < -0.3 is 19.9 Å². The summed E-state index contributed by atoms with van der Waals surface area (Å²) in [4.78, 5) is 48.9. The van der Waals surface area contributed by atoms with Gasteiger partial charge in [0.05, 0.1) is 22.6 Å². The van der Waals surface area contributed by atoms with Gasteiger partial charge in [0.15, 0.2) is 23.1 Å². The number of nitrogens with zero attached hydrogens (tertiary/aromatic N) is 2. The highest BCUT2D eigenvalue weighted by Crippen LogP contribution is 2.40. The van der Waals surface area contributed by atoms with Crippen LogP contribution in [-0.4, -0.2) is 51.5 Å². The smallest absolute Gasteiger partial charge is 0.325 e. The van der Waals surface area contributed by atoms with Crippen LogP contribution < -0.4 is 14.8 Å². The minimum Gasteiger partial charge on any atom is -0.490 e. The summed E-state index contributed by atoms with van der Waals surface area (Å²) in [5.41, 5.74) is 3.05. The van der Waals surface area contributed by atoms with Crippen LogP contribution in [0.4, 0.5) is 0 Å². The van der Waals surface area contributed by atoms with E-state index in [1.54, 1.807) is 18.5 Å². The zero-order valence-corrected chi connectivity index (χ0v) is 31.3. The minimum atomic E-state index is -1.15. The molecule has 4 aromatic rings. The molecule has 0 saturated heterocycles. The Morgan fingerprint density at radius 2 is 1.64 bits per heavy atom. The van der Waals surface area contributed by atoms with Crippen LogP contribution in [0.1, 0.15) is 87.8 Å². The zero-order valence-electron chi connectivity index (χ0n) is 29.7. The lowest BCUT2D eigenvalue weighted by atomic mass is 9.92. The van der Waals surface area contributed by atoms with Crippen LogP contribution in [0, 0.1) is 5.92 Å². The fourth-order valence-electron chi connectivity index (χ4n) is 5.08. The van der Waals surface area contributed by atoms with Crippen LogP contribution in [0.15, 0.2) is 60.9 Å². The van der Waals surface area contributed by atoms with Crippen molar-refractivity contribution >= 4 is 40.6 Å². The molecule has 2 aromatic heterocycles. The van der Waals surface area contributed by atoms with Crippen molar-refractivity contribution in [1.29, 1.82) is 0 Å². The van der Waals surface area contributed by atoms with Gasteiger partial charge in [-0.1, -0.05) is 70.0 Å². The Hall–Kier alpha value is -4.28. The van der Waals surface area contributed by atoms with Crippen molar-refractivity contribution in [2.75, 3.05) is 6.61 Å². The number of amides is 1. The molecular formula is C39H46ClN3O6S. The number of hydrogen-bond donors (Lipinski definition) is 2. The average molecular weight is 720 g/mol. The Morgan fingerprint density at radius 1 is 0.960 bits per heavy atom. The summed E-state index contributed by atoms with van der Waals surface area (Å²) in [5, 5.41) is 12.3. The summed E-state index contributed by atoms with van der Waals surface area (Å²) in [6.45, 7) is 14.2. The molecule has 11 heteroatoms. The van der Waals surface area contributed by atoms with Gasteiger partial charge in [-0.15, -0.1) is 11.3 Å². The number of ether oxygens (including phenoxy) is 2. The van der Waals surface area contributed by atoms with E-state index in [4.69, 9.17) is 21.1 Å². The Balaban J connectivity index is 1.52. The number of carboxylic acid groups (broad SMARTS) is 1. The first-order chi connectivity index (χ1) is 23.7. The average Bonchev–Trinajstić information content (AvgIpc) is 3.58. The molecule has 50 heavy (non-hydrogen) atoms. The maximum Gasteiger partial charge on any atom is 0.325 e. The van der Waals surface area contributed by atoms with Gasteiger partial charge in [-0.3, -0.25) is 14.4 Å². The van der Waals surface area contributed by atoms with Gasteiger partial charge in [-0.2, -0.15) is 0 Å². The van der Waals surface area contributed by atoms with Crippen molar-refractivity contribution in [3.8, 4) is 34.0 Å². The van der Waals surface area contributed by atoms with Crippen molar-refractivity contribution in [2.24, 2.45) is 5.92 Å². The zero-order chi connectivity index (χ0) is 36.6. The van der Waals surface area contributed by atoms with Crippen molar-refractivity contribution < 1.29 is 29.0 Å². The normalized spacial score (nSPS) is 12.7. The van der Waals surface area contributed by atoms with Crippen LogP contribution in [0.25, 0.3) is 22.5 Å². The summed E-state index contributed by atoms with van der Waals surface area (Å²) in [7, 11) is 0. The number of carbonyl (C=O) groups is 3. The van der Waals surface area contributed by atoms with Gasteiger partial charge in [-0.05, 0) is 74.4 Å². The number of hydrogen-bond acceptors (Lipinski definition) is 8. The van der Waals surface area contributed by atoms with E-state index in [9.17, 15) is 19.5 Å². The summed E-state index contributed by atoms with van der Waals surface area (Å²) in [6, 6.07) is 13.8. The van der Waals surface area contributed by atoms with E-state index in [0.29, 0.717) is 33.8 Å². The molecule has 2 heterocycles. The lowest BCUT2D eigenvalue weighted by molar-refractivity contribution is -0.141. The Kier molecular flexibility index (Phi) is 13.2. The van der Waals surface area contributed by atoms with Crippen molar-refractivity contribution in [2.45, 2.75) is 91.7 Å². The van der Waals surface area contributed by atoms with Crippen LogP contribution in [0.2, 0.25) is 5.02 Å². The molecule has 9 nitrogen and oxygen atoms in total. The molecule has 0 aliphatic rings. The molecule has 4 rings (SSSR count). The maximum atomic E-state index is 13.3. The lowest BCUT2D eigenvalue weighted by Gasteiger charge is -2.18.